The highest BCUT2D eigenvalue weighted by Crippen LogP contribution is 2.44. The quantitative estimate of drug-likeness (QED) is 0.176. The van der Waals surface area contributed by atoms with Crippen LogP contribution in [0.25, 0.3) is 0 Å². The van der Waals surface area contributed by atoms with E-state index in [4.69, 9.17) is 13.6 Å². The molecule has 0 rings (SSSR count). The lowest BCUT2D eigenvalue weighted by Gasteiger charge is -2.48. The lowest BCUT2D eigenvalue weighted by Crippen LogP contribution is -2.56. The van der Waals surface area contributed by atoms with E-state index >= 15 is 0 Å². The SMILES string of the molecule is C=C[C@H](C)[C@H](O[Si](C)(C)C)[C@@H](C)[C@H](O[Si](C(C)C)(C(C)C)C(C)C)[C@H](C=O)OC. The number of carbonyl (C=O) groups excluding carboxylic acids is 1. The van der Waals surface area contributed by atoms with E-state index in [0.717, 1.165) is 6.29 Å². The van der Waals surface area contributed by atoms with Crippen LogP contribution in [0.5, 0.6) is 0 Å². The third-order valence-electron chi connectivity index (χ3n) is 6.19. The molecule has 0 spiro atoms. The van der Waals surface area contributed by atoms with Gasteiger partial charge in [-0.2, -0.15) is 0 Å². The molecule has 0 aromatic rings. The van der Waals surface area contributed by atoms with Crippen molar-refractivity contribution in [3.8, 4) is 0 Å². The molecule has 0 N–H and O–H groups in total. The fourth-order valence-corrected chi connectivity index (χ4v) is 11.7. The molecule has 0 unspecified atom stereocenters. The second-order valence-corrected chi connectivity index (χ2v) is 20.3. The molecule has 0 aliphatic carbocycles. The molecule has 0 heterocycles. The van der Waals surface area contributed by atoms with E-state index in [1.807, 2.05) is 6.08 Å². The zero-order valence-electron chi connectivity index (χ0n) is 21.1. The van der Waals surface area contributed by atoms with Crippen molar-refractivity contribution in [3.63, 3.8) is 0 Å². The van der Waals surface area contributed by atoms with E-state index in [-0.39, 0.29) is 24.0 Å². The van der Waals surface area contributed by atoms with Crippen LogP contribution >= 0.6 is 0 Å². The number of rotatable bonds is 14. The minimum Gasteiger partial charge on any atom is -0.414 e. The maximum absolute atomic E-state index is 12.0. The van der Waals surface area contributed by atoms with Gasteiger partial charge in [-0.25, -0.2) is 0 Å². The summed E-state index contributed by atoms with van der Waals surface area (Å²) in [6.45, 7) is 28.4. The van der Waals surface area contributed by atoms with E-state index in [0.29, 0.717) is 16.6 Å². The predicted molar refractivity (Wildman–Crippen MR) is 130 cm³/mol. The van der Waals surface area contributed by atoms with Crippen LogP contribution in [0.1, 0.15) is 55.4 Å². The van der Waals surface area contributed by atoms with Gasteiger partial charge in [0.15, 0.2) is 14.6 Å². The van der Waals surface area contributed by atoms with Crippen LogP contribution < -0.4 is 0 Å². The Balaban J connectivity index is 6.34. The molecule has 0 saturated heterocycles. The minimum absolute atomic E-state index is 0.00648. The van der Waals surface area contributed by atoms with Crippen molar-refractivity contribution >= 4 is 22.9 Å². The minimum atomic E-state index is -2.21. The van der Waals surface area contributed by atoms with Crippen LogP contribution in [0.15, 0.2) is 12.7 Å². The van der Waals surface area contributed by atoms with Crippen molar-refractivity contribution in [2.24, 2.45) is 11.8 Å². The molecular weight excluding hydrogens is 396 g/mol. The summed E-state index contributed by atoms with van der Waals surface area (Å²) in [5.41, 5.74) is 1.28. The molecule has 0 fully saturated rings. The topological polar surface area (TPSA) is 44.8 Å². The standard InChI is InChI=1S/C23H48O4Si2/c1-14-19(8)22(26-28(11,12)13)20(9)23(21(15-24)25-10)27-29(16(2)3,17(4)5)18(6)7/h14-23H,1H2,2-13H3/t19-,20+,21-,22-,23-/m0/s1. The molecule has 0 saturated carbocycles. The summed E-state index contributed by atoms with van der Waals surface area (Å²) in [7, 11) is -2.42. The first-order valence-corrected chi connectivity index (χ1v) is 16.7. The van der Waals surface area contributed by atoms with Crippen molar-refractivity contribution in [2.45, 2.75) is 110 Å². The van der Waals surface area contributed by atoms with Crippen LogP contribution in [0.3, 0.4) is 0 Å². The van der Waals surface area contributed by atoms with Crippen molar-refractivity contribution < 1.29 is 18.4 Å². The van der Waals surface area contributed by atoms with Gasteiger partial charge in [-0.1, -0.05) is 61.5 Å². The van der Waals surface area contributed by atoms with Gasteiger partial charge in [0.25, 0.3) is 0 Å². The van der Waals surface area contributed by atoms with E-state index in [1.165, 1.54) is 0 Å². The average Bonchev–Trinajstić information content (AvgIpc) is 2.60. The normalized spacial score (nSPS) is 18.6. The highest BCUT2D eigenvalue weighted by Gasteiger charge is 2.50. The van der Waals surface area contributed by atoms with Gasteiger partial charge < -0.3 is 18.4 Å². The summed E-state index contributed by atoms with van der Waals surface area (Å²) in [6.07, 6.45) is 1.81. The average molecular weight is 445 g/mol. The summed E-state index contributed by atoms with van der Waals surface area (Å²) < 4.78 is 19.3. The molecule has 0 aromatic heterocycles. The number of carbonyl (C=O) groups is 1. The van der Waals surface area contributed by atoms with Gasteiger partial charge in [0.2, 0.25) is 8.32 Å². The van der Waals surface area contributed by atoms with Gasteiger partial charge in [-0.05, 0) is 42.2 Å². The Bertz CT molecular complexity index is 478. The van der Waals surface area contributed by atoms with E-state index < -0.39 is 22.7 Å². The highest BCUT2D eigenvalue weighted by molar-refractivity contribution is 6.77. The summed E-state index contributed by atoms with van der Waals surface area (Å²) in [4.78, 5) is 12.0. The van der Waals surface area contributed by atoms with Crippen molar-refractivity contribution in [3.05, 3.63) is 12.7 Å². The van der Waals surface area contributed by atoms with Gasteiger partial charge in [-0.15, -0.1) is 6.58 Å². The third kappa shape index (κ3) is 7.42. The van der Waals surface area contributed by atoms with Crippen LogP contribution in [0.2, 0.25) is 36.3 Å². The van der Waals surface area contributed by atoms with Gasteiger partial charge in [0.1, 0.15) is 6.10 Å². The number of hydrogen-bond donors (Lipinski definition) is 0. The maximum Gasteiger partial charge on any atom is 0.200 e. The molecule has 172 valence electrons. The van der Waals surface area contributed by atoms with E-state index in [9.17, 15) is 4.79 Å². The Morgan fingerprint density at radius 2 is 1.24 bits per heavy atom. The molecule has 0 aliphatic heterocycles. The zero-order valence-corrected chi connectivity index (χ0v) is 23.1. The molecular formula is C23H48O4Si2. The summed E-state index contributed by atoms with van der Waals surface area (Å²) in [5.74, 6) is 0.146. The third-order valence-corrected chi connectivity index (χ3v) is 13.3. The van der Waals surface area contributed by atoms with Crippen molar-refractivity contribution in [1.82, 2.24) is 0 Å². The van der Waals surface area contributed by atoms with E-state index in [2.05, 4.69) is 81.6 Å². The Kier molecular flexibility index (Phi) is 11.8. The molecule has 0 amide bonds. The molecule has 29 heavy (non-hydrogen) atoms. The molecule has 4 nitrogen and oxygen atoms in total. The Hall–Kier alpha value is -0.276. The number of aldehydes is 1. The Morgan fingerprint density at radius 1 is 0.793 bits per heavy atom. The lowest BCUT2D eigenvalue weighted by molar-refractivity contribution is -0.127. The maximum atomic E-state index is 12.0. The van der Waals surface area contributed by atoms with Crippen LogP contribution in [-0.4, -0.2) is 48.3 Å². The summed E-state index contributed by atoms with van der Waals surface area (Å²) >= 11 is 0. The molecule has 5 atom stereocenters. The first-order valence-electron chi connectivity index (χ1n) is 11.2. The van der Waals surface area contributed by atoms with Gasteiger partial charge in [0.05, 0.1) is 12.2 Å². The Morgan fingerprint density at radius 3 is 1.52 bits per heavy atom. The van der Waals surface area contributed by atoms with Gasteiger partial charge in [-0.3, -0.25) is 0 Å². The van der Waals surface area contributed by atoms with Crippen LogP contribution in [0, 0.1) is 11.8 Å². The lowest BCUT2D eigenvalue weighted by atomic mass is 9.87. The second kappa shape index (κ2) is 11.9. The van der Waals surface area contributed by atoms with Gasteiger partial charge in [0, 0.05) is 13.0 Å². The van der Waals surface area contributed by atoms with Crippen molar-refractivity contribution in [2.75, 3.05) is 7.11 Å². The molecule has 0 aromatic carbocycles. The Labute approximate surface area is 183 Å². The van der Waals surface area contributed by atoms with E-state index in [1.54, 1.807) is 7.11 Å². The van der Waals surface area contributed by atoms with Crippen LogP contribution in [-0.2, 0) is 18.4 Å². The first kappa shape index (κ1) is 28.7. The van der Waals surface area contributed by atoms with Crippen molar-refractivity contribution in [1.29, 1.82) is 0 Å². The fourth-order valence-electron chi connectivity index (χ4n) is 4.81. The highest BCUT2D eigenvalue weighted by atomic mass is 28.4. The molecule has 0 bridgehead atoms. The number of hydrogen-bond acceptors (Lipinski definition) is 4. The number of ether oxygens (including phenoxy) is 1. The predicted octanol–water partition coefficient (Wildman–Crippen LogP) is 6.44. The fraction of sp³-hybridized carbons (Fsp3) is 0.870. The van der Waals surface area contributed by atoms with Crippen LogP contribution in [0.4, 0.5) is 0 Å². The first-order chi connectivity index (χ1) is 13.2. The smallest absolute Gasteiger partial charge is 0.200 e. The number of methoxy groups -OCH3 is 1. The largest absolute Gasteiger partial charge is 0.414 e. The zero-order chi connectivity index (χ0) is 23.2. The summed E-state index contributed by atoms with van der Waals surface area (Å²) in [5, 5.41) is 0. The summed E-state index contributed by atoms with van der Waals surface area (Å²) in [6, 6.07) is 0. The monoisotopic (exact) mass is 444 g/mol. The molecule has 0 radical (unpaired) electrons. The molecule has 6 heteroatoms. The van der Waals surface area contributed by atoms with Gasteiger partial charge >= 0.3 is 0 Å². The second-order valence-electron chi connectivity index (χ2n) is 10.4. The molecule has 0 aliphatic rings.